The minimum absolute atomic E-state index is 0.208. The number of nitrogens with one attached hydrogen (secondary N) is 1. The van der Waals surface area contributed by atoms with Crippen LogP contribution in [0.15, 0.2) is 42.5 Å². The number of hydrogen-bond donors (Lipinski definition) is 2. The Labute approximate surface area is 135 Å². The Morgan fingerprint density at radius 3 is 2.52 bits per heavy atom. The van der Waals surface area contributed by atoms with E-state index in [9.17, 15) is 9.59 Å². The molecule has 0 aliphatic carbocycles. The molecule has 1 unspecified atom stereocenters. The van der Waals surface area contributed by atoms with Crippen molar-refractivity contribution in [1.82, 2.24) is 5.32 Å². The zero-order valence-electron chi connectivity index (χ0n) is 13.4. The van der Waals surface area contributed by atoms with Gasteiger partial charge in [0.1, 0.15) is 0 Å². The molecule has 0 saturated heterocycles. The van der Waals surface area contributed by atoms with Crippen LogP contribution in [0.25, 0.3) is 10.8 Å². The van der Waals surface area contributed by atoms with Crippen molar-refractivity contribution < 1.29 is 14.3 Å². The third-order valence-corrected chi connectivity index (χ3v) is 3.77. The summed E-state index contributed by atoms with van der Waals surface area (Å²) >= 11 is 0. The SMILES string of the molecule is COC(=O)C(CNC(=O)[C@H](C)N)Cc1ccc2ccccc2c1. The molecule has 0 saturated carbocycles. The molecule has 2 rings (SSSR count). The van der Waals surface area contributed by atoms with E-state index in [2.05, 4.69) is 11.4 Å². The first-order chi connectivity index (χ1) is 11.0. The molecule has 3 N–H and O–H groups in total. The molecule has 0 fully saturated rings. The van der Waals surface area contributed by atoms with Crippen molar-refractivity contribution in [3.8, 4) is 0 Å². The molecular formula is C18H22N2O3. The maximum atomic E-state index is 12.0. The number of carbonyl (C=O) groups excluding carboxylic acids is 2. The smallest absolute Gasteiger partial charge is 0.310 e. The largest absolute Gasteiger partial charge is 0.469 e. The Bertz CT molecular complexity index is 697. The van der Waals surface area contributed by atoms with Crippen LogP contribution in [0.3, 0.4) is 0 Å². The number of esters is 1. The van der Waals surface area contributed by atoms with E-state index in [1.54, 1.807) is 6.92 Å². The van der Waals surface area contributed by atoms with E-state index in [1.807, 2.05) is 36.4 Å². The number of ether oxygens (including phenoxy) is 1. The molecule has 0 aliphatic rings. The predicted molar refractivity (Wildman–Crippen MR) is 89.8 cm³/mol. The maximum Gasteiger partial charge on any atom is 0.310 e. The number of fused-ring (bicyclic) bond motifs is 1. The summed E-state index contributed by atoms with van der Waals surface area (Å²) in [6, 6.07) is 13.5. The van der Waals surface area contributed by atoms with Gasteiger partial charge in [-0.15, -0.1) is 0 Å². The normalized spacial score (nSPS) is 13.3. The highest BCUT2D eigenvalue weighted by atomic mass is 16.5. The molecule has 0 spiro atoms. The van der Waals surface area contributed by atoms with Crippen molar-refractivity contribution in [3.63, 3.8) is 0 Å². The second-order valence-electron chi connectivity index (χ2n) is 5.64. The quantitative estimate of drug-likeness (QED) is 0.794. The summed E-state index contributed by atoms with van der Waals surface area (Å²) in [5.74, 6) is -1.07. The number of amides is 1. The molecule has 2 atom stereocenters. The van der Waals surface area contributed by atoms with Crippen LogP contribution in [-0.2, 0) is 20.7 Å². The van der Waals surface area contributed by atoms with Crippen LogP contribution >= 0.6 is 0 Å². The Morgan fingerprint density at radius 1 is 1.17 bits per heavy atom. The van der Waals surface area contributed by atoms with Gasteiger partial charge in [0.05, 0.1) is 19.1 Å². The van der Waals surface area contributed by atoms with Gasteiger partial charge in [0, 0.05) is 6.54 Å². The van der Waals surface area contributed by atoms with E-state index in [1.165, 1.54) is 7.11 Å². The lowest BCUT2D eigenvalue weighted by molar-refractivity contribution is -0.145. The Balaban J connectivity index is 2.12. The van der Waals surface area contributed by atoms with Crippen LogP contribution < -0.4 is 11.1 Å². The van der Waals surface area contributed by atoms with Crippen molar-refractivity contribution in [2.45, 2.75) is 19.4 Å². The molecule has 0 aliphatic heterocycles. The fraction of sp³-hybridized carbons (Fsp3) is 0.333. The Hall–Kier alpha value is -2.40. The van der Waals surface area contributed by atoms with Gasteiger partial charge < -0.3 is 15.8 Å². The highest BCUT2D eigenvalue weighted by Crippen LogP contribution is 2.18. The number of hydrogen-bond acceptors (Lipinski definition) is 4. The minimum Gasteiger partial charge on any atom is -0.469 e. The van der Waals surface area contributed by atoms with Crippen molar-refractivity contribution in [3.05, 3.63) is 48.0 Å². The number of methoxy groups -OCH3 is 1. The van der Waals surface area contributed by atoms with Crippen LogP contribution in [0.5, 0.6) is 0 Å². The zero-order valence-corrected chi connectivity index (χ0v) is 13.4. The molecule has 0 aromatic heterocycles. The lowest BCUT2D eigenvalue weighted by Gasteiger charge is -2.17. The summed E-state index contributed by atoms with van der Waals surface area (Å²) in [6.45, 7) is 1.81. The van der Waals surface area contributed by atoms with Crippen LogP contribution in [0.1, 0.15) is 12.5 Å². The molecule has 0 bridgehead atoms. The molecule has 23 heavy (non-hydrogen) atoms. The number of nitrogens with two attached hydrogens (primary N) is 1. The molecule has 1 amide bonds. The minimum atomic E-state index is -0.603. The Morgan fingerprint density at radius 2 is 1.87 bits per heavy atom. The van der Waals surface area contributed by atoms with Gasteiger partial charge in [0.2, 0.25) is 5.91 Å². The lowest BCUT2D eigenvalue weighted by Crippen LogP contribution is -2.42. The Kier molecular flexibility index (Phi) is 5.71. The second kappa shape index (κ2) is 7.74. The van der Waals surface area contributed by atoms with Crippen molar-refractivity contribution in [2.75, 3.05) is 13.7 Å². The van der Waals surface area contributed by atoms with Crippen LogP contribution in [0.4, 0.5) is 0 Å². The molecule has 5 heteroatoms. The molecule has 122 valence electrons. The summed E-state index contributed by atoms with van der Waals surface area (Å²) < 4.78 is 4.84. The first kappa shape index (κ1) is 17.0. The summed E-state index contributed by atoms with van der Waals surface area (Å²) in [4.78, 5) is 23.6. The molecule has 2 aromatic rings. The topological polar surface area (TPSA) is 81.4 Å². The highest BCUT2D eigenvalue weighted by Gasteiger charge is 2.21. The molecule has 5 nitrogen and oxygen atoms in total. The zero-order chi connectivity index (χ0) is 16.8. The number of benzene rings is 2. The predicted octanol–water partition coefficient (Wildman–Crippen LogP) is 1.63. The summed E-state index contributed by atoms with van der Waals surface area (Å²) in [5, 5.41) is 4.96. The third-order valence-electron chi connectivity index (χ3n) is 3.77. The van der Waals surface area contributed by atoms with E-state index < -0.39 is 12.0 Å². The van der Waals surface area contributed by atoms with Gasteiger partial charge in [-0.05, 0) is 29.7 Å². The van der Waals surface area contributed by atoms with Gasteiger partial charge in [0.25, 0.3) is 0 Å². The number of rotatable bonds is 6. The van der Waals surface area contributed by atoms with Crippen LogP contribution in [0, 0.1) is 5.92 Å². The van der Waals surface area contributed by atoms with Crippen molar-refractivity contribution in [1.29, 1.82) is 0 Å². The molecule has 2 aromatic carbocycles. The van der Waals surface area contributed by atoms with Gasteiger partial charge >= 0.3 is 5.97 Å². The van der Waals surface area contributed by atoms with E-state index >= 15 is 0 Å². The van der Waals surface area contributed by atoms with E-state index in [0.717, 1.165) is 16.3 Å². The molecular weight excluding hydrogens is 292 g/mol. The van der Waals surface area contributed by atoms with E-state index in [4.69, 9.17) is 10.5 Å². The van der Waals surface area contributed by atoms with Gasteiger partial charge in [-0.25, -0.2) is 0 Å². The van der Waals surface area contributed by atoms with E-state index in [0.29, 0.717) is 6.42 Å². The average Bonchev–Trinajstić information content (AvgIpc) is 2.57. The van der Waals surface area contributed by atoms with E-state index in [-0.39, 0.29) is 18.4 Å². The molecule has 0 heterocycles. The fourth-order valence-corrected chi connectivity index (χ4v) is 2.44. The monoisotopic (exact) mass is 314 g/mol. The second-order valence-corrected chi connectivity index (χ2v) is 5.64. The maximum absolute atomic E-state index is 12.0. The van der Waals surface area contributed by atoms with Crippen LogP contribution in [0.2, 0.25) is 0 Å². The standard InChI is InChI=1S/C18H22N2O3/c1-12(19)17(21)20-11-16(18(22)23-2)10-13-7-8-14-5-3-4-6-15(14)9-13/h3-9,12,16H,10-11,19H2,1-2H3,(H,20,21)/t12-,16?/m0/s1. The number of carbonyl (C=O) groups is 2. The lowest BCUT2D eigenvalue weighted by atomic mass is 9.97. The highest BCUT2D eigenvalue weighted by molar-refractivity contribution is 5.83. The van der Waals surface area contributed by atoms with Gasteiger partial charge in [0.15, 0.2) is 0 Å². The average molecular weight is 314 g/mol. The van der Waals surface area contributed by atoms with Gasteiger partial charge in [-0.2, -0.15) is 0 Å². The van der Waals surface area contributed by atoms with Crippen LogP contribution in [-0.4, -0.2) is 31.6 Å². The van der Waals surface area contributed by atoms with Gasteiger partial charge in [-0.3, -0.25) is 9.59 Å². The molecule has 0 radical (unpaired) electrons. The first-order valence-corrected chi connectivity index (χ1v) is 7.60. The summed E-state index contributed by atoms with van der Waals surface area (Å²) in [5.41, 5.74) is 6.54. The van der Waals surface area contributed by atoms with Crippen molar-refractivity contribution in [2.24, 2.45) is 11.7 Å². The summed E-state index contributed by atoms with van der Waals surface area (Å²) in [6.07, 6.45) is 0.497. The van der Waals surface area contributed by atoms with Gasteiger partial charge in [-0.1, -0.05) is 42.5 Å². The fourth-order valence-electron chi connectivity index (χ4n) is 2.44. The summed E-state index contributed by atoms with van der Waals surface area (Å²) in [7, 11) is 1.35. The van der Waals surface area contributed by atoms with Crippen molar-refractivity contribution >= 4 is 22.6 Å². The third kappa shape index (κ3) is 4.53. The first-order valence-electron chi connectivity index (χ1n) is 7.60.